The lowest BCUT2D eigenvalue weighted by Crippen LogP contribution is -2.20. The number of aryl methyl sites for hydroxylation is 1. The highest BCUT2D eigenvalue weighted by Crippen LogP contribution is 2.26. The van der Waals surface area contributed by atoms with Crippen LogP contribution >= 0.6 is 15.9 Å². The van der Waals surface area contributed by atoms with Gasteiger partial charge in [0.2, 0.25) is 0 Å². The fourth-order valence-electron chi connectivity index (χ4n) is 1.90. The largest absolute Gasteiger partial charge is 0.497 e. The molecule has 0 atom stereocenters. The van der Waals surface area contributed by atoms with Crippen LogP contribution in [-0.4, -0.2) is 19.6 Å². The molecule has 2 aromatic rings. The second-order valence-electron chi connectivity index (χ2n) is 4.68. The molecule has 0 aromatic heterocycles. The lowest BCUT2D eigenvalue weighted by Gasteiger charge is -2.10. The van der Waals surface area contributed by atoms with Crippen molar-refractivity contribution in [3.8, 4) is 11.5 Å². The molecule has 0 aliphatic heterocycles. The van der Waals surface area contributed by atoms with Crippen molar-refractivity contribution >= 4 is 27.5 Å². The van der Waals surface area contributed by atoms with Gasteiger partial charge in [0.15, 0.2) is 6.61 Å². The molecule has 0 aliphatic carbocycles. The number of nitrogens with one attached hydrogen (secondary N) is 1. The summed E-state index contributed by atoms with van der Waals surface area (Å²) >= 11 is 3.45. The van der Waals surface area contributed by atoms with Crippen molar-refractivity contribution < 1.29 is 14.3 Å². The van der Waals surface area contributed by atoms with E-state index in [1.54, 1.807) is 31.4 Å². The number of benzene rings is 2. The molecule has 1 N–H and O–H groups in total. The first-order chi connectivity index (χ1) is 10.6. The molecule has 0 spiro atoms. The van der Waals surface area contributed by atoms with Crippen LogP contribution in [0.2, 0.25) is 0 Å². The highest BCUT2D eigenvalue weighted by molar-refractivity contribution is 9.10. The number of ether oxygens (including phenoxy) is 2. The summed E-state index contributed by atoms with van der Waals surface area (Å²) in [4.78, 5) is 11.9. The average molecular weight is 364 g/mol. The first kappa shape index (κ1) is 16.4. The Bertz CT molecular complexity index is 641. The summed E-state index contributed by atoms with van der Waals surface area (Å²) in [6.07, 6.45) is 0.955. The summed E-state index contributed by atoms with van der Waals surface area (Å²) < 4.78 is 11.5. The van der Waals surface area contributed by atoms with E-state index in [4.69, 9.17) is 9.47 Å². The van der Waals surface area contributed by atoms with Gasteiger partial charge < -0.3 is 14.8 Å². The molecular formula is C17H18BrNO3. The van der Waals surface area contributed by atoms with Crippen molar-refractivity contribution in [2.45, 2.75) is 13.3 Å². The third-order valence-corrected chi connectivity index (χ3v) is 3.76. The molecule has 0 radical (unpaired) electrons. The van der Waals surface area contributed by atoms with Gasteiger partial charge in [-0.15, -0.1) is 0 Å². The molecule has 116 valence electrons. The van der Waals surface area contributed by atoms with Crippen molar-refractivity contribution in [1.29, 1.82) is 0 Å². The van der Waals surface area contributed by atoms with Crippen LogP contribution in [0.25, 0.3) is 0 Å². The van der Waals surface area contributed by atoms with Gasteiger partial charge in [0, 0.05) is 5.69 Å². The summed E-state index contributed by atoms with van der Waals surface area (Å²) in [7, 11) is 1.60. The van der Waals surface area contributed by atoms with Crippen LogP contribution in [0.3, 0.4) is 0 Å². The van der Waals surface area contributed by atoms with E-state index >= 15 is 0 Å². The quantitative estimate of drug-likeness (QED) is 0.842. The Labute approximate surface area is 138 Å². The Morgan fingerprint density at radius 1 is 1.18 bits per heavy atom. The number of carbonyl (C=O) groups is 1. The second-order valence-corrected chi connectivity index (χ2v) is 5.54. The molecule has 22 heavy (non-hydrogen) atoms. The van der Waals surface area contributed by atoms with Gasteiger partial charge in [0.05, 0.1) is 11.6 Å². The third-order valence-electron chi connectivity index (χ3n) is 3.14. The fraction of sp³-hybridized carbons (Fsp3) is 0.235. The number of hydrogen-bond acceptors (Lipinski definition) is 3. The predicted molar refractivity (Wildman–Crippen MR) is 90.6 cm³/mol. The van der Waals surface area contributed by atoms with Gasteiger partial charge in [-0.2, -0.15) is 0 Å². The summed E-state index contributed by atoms with van der Waals surface area (Å²) in [6.45, 7) is 2.04. The number of halogens is 1. The maximum Gasteiger partial charge on any atom is 0.262 e. The summed E-state index contributed by atoms with van der Waals surface area (Å²) in [5, 5.41) is 2.77. The van der Waals surface area contributed by atoms with Crippen LogP contribution in [-0.2, 0) is 11.2 Å². The molecule has 0 saturated heterocycles. The fourth-order valence-corrected chi connectivity index (χ4v) is 2.44. The van der Waals surface area contributed by atoms with E-state index < -0.39 is 0 Å². The van der Waals surface area contributed by atoms with Crippen LogP contribution < -0.4 is 14.8 Å². The number of amides is 1. The van der Waals surface area contributed by atoms with Crippen molar-refractivity contribution in [2.24, 2.45) is 0 Å². The van der Waals surface area contributed by atoms with E-state index in [0.29, 0.717) is 11.4 Å². The van der Waals surface area contributed by atoms with Crippen molar-refractivity contribution in [1.82, 2.24) is 0 Å². The first-order valence-electron chi connectivity index (χ1n) is 6.97. The number of carbonyl (C=O) groups excluding carboxylic acids is 1. The molecule has 2 aromatic carbocycles. The molecule has 0 fully saturated rings. The Kier molecular flexibility index (Phi) is 5.83. The lowest BCUT2D eigenvalue weighted by molar-refractivity contribution is -0.118. The number of methoxy groups -OCH3 is 1. The molecule has 2 rings (SSSR count). The monoisotopic (exact) mass is 363 g/mol. The SMILES string of the molecule is CCc1ccc(OCC(=O)Nc2ccc(OC)cc2)c(Br)c1. The Balaban J connectivity index is 1.89. The highest BCUT2D eigenvalue weighted by Gasteiger charge is 2.07. The average Bonchev–Trinajstić information content (AvgIpc) is 2.54. The van der Waals surface area contributed by atoms with Gasteiger partial charge in [0.1, 0.15) is 11.5 Å². The lowest BCUT2D eigenvalue weighted by atomic mass is 10.2. The van der Waals surface area contributed by atoms with Gasteiger partial charge in [0.25, 0.3) is 5.91 Å². The molecular weight excluding hydrogens is 346 g/mol. The number of hydrogen-bond donors (Lipinski definition) is 1. The van der Waals surface area contributed by atoms with Crippen molar-refractivity contribution in [3.05, 3.63) is 52.5 Å². The van der Waals surface area contributed by atoms with Gasteiger partial charge in [-0.25, -0.2) is 0 Å². The Morgan fingerprint density at radius 3 is 2.50 bits per heavy atom. The Morgan fingerprint density at radius 2 is 1.91 bits per heavy atom. The van der Waals surface area contributed by atoms with Crippen LogP contribution in [0.1, 0.15) is 12.5 Å². The minimum atomic E-state index is -0.211. The molecule has 0 saturated carbocycles. The summed E-state index contributed by atoms with van der Waals surface area (Å²) in [6, 6.07) is 13.0. The molecule has 0 heterocycles. The van der Waals surface area contributed by atoms with E-state index in [1.165, 1.54) is 5.56 Å². The zero-order valence-electron chi connectivity index (χ0n) is 12.6. The molecule has 1 amide bonds. The van der Waals surface area contributed by atoms with E-state index in [1.807, 2.05) is 18.2 Å². The van der Waals surface area contributed by atoms with Gasteiger partial charge in [-0.05, 0) is 64.3 Å². The number of anilines is 1. The highest BCUT2D eigenvalue weighted by atomic mass is 79.9. The Hall–Kier alpha value is -2.01. The zero-order chi connectivity index (χ0) is 15.9. The van der Waals surface area contributed by atoms with Crippen LogP contribution in [0.5, 0.6) is 11.5 Å². The van der Waals surface area contributed by atoms with E-state index in [-0.39, 0.29) is 12.5 Å². The van der Waals surface area contributed by atoms with Gasteiger partial charge >= 0.3 is 0 Å². The van der Waals surface area contributed by atoms with Crippen molar-refractivity contribution in [3.63, 3.8) is 0 Å². The maximum absolute atomic E-state index is 11.9. The summed E-state index contributed by atoms with van der Waals surface area (Å²) in [5.74, 6) is 1.19. The van der Waals surface area contributed by atoms with Crippen LogP contribution in [0.15, 0.2) is 46.9 Å². The number of rotatable bonds is 6. The molecule has 0 unspecified atom stereocenters. The van der Waals surface area contributed by atoms with Gasteiger partial charge in [-0.3, -0.25) is 4.79 Å². The van der Waals surface area contributed by atoms with Crippen LogP contribution in [0, 0.1) is 0 Å². The van der Waals surface area contributed by atoms with Crippen LogP contribution in [0.4, 0.5) is 5.69 Å². The minimum Gasteiger partial charge on any atom is -0.497 e. The molecule has 5 heteroatoms. The van der Waals surface area contributed by atoms with Gasteiger partial charge in [-0.1, -0.05) is 13.0 Å². The zero-order valence-corrected chi connectivity index (χ0v) is 14.1. The second kappa shape index (κ2) is 7.84. The normalized spacial score (nSPS) is 10.1. The minimum absolute atomic E-state index is 0.0455. The van der Waals surface area contributed by atoms with Crippen molar-refractivity contribution in [2.75, 3.05) is 19.0 Å². The summed E-state index contributed by atoms with van der Waals surface area (Å²) in [5.41, 5.74) is 1.91. The third kappa shape index (κ3) is 4.49. The van der Waals surface area contributed by atoms with E-state index in [9.17, 15) is 4.79 Å². The van der Waals surface area contributed by atoms with E-state index in [0.717, 1.165) is 16.6 Å². The predicted octanol–water partition coefficient (Wildman–Crippen LogP) is 4.04. The topological polar surface area (TPSA) is 47.6 Å². The maximum atomic E-state index is 11.9. The molecule has 0 aliphatic rings. The molecule has 0 bridgehead atoms. The smallest absolute Gasteiger partial charge is 0.262 e. The standard InChI is InChI=1S/C17H18BrNO3/c1-3-12-4-9-16(15(18)10-12)22-11-17(20)19-13-5-7-14(21-2)8-6-13/h4-10H,3,11H2,1-2H3,(H,19,20). The molecule has 4 nitrogen and oxygen atoms in total. The first-order valence-corrected chi connectivity index (χ1v) is 7.76. The van der Waals surface area contributed by atoms with E-state index in [2.05, 4.69) is 28.2 Å².